The number of hydrogen-bond donors (Lipinski definition) is 2. The molecule has 0 radical (unpaired) electrons. The lowest BCUT2D eigenvalue weighted by Crippen LogP contribution is -2.55. The highest BCUT2D eigenvalue weighted by Gasteiger charge is 2.52. The van der Waals surface area contributed by atoms with E-state index in [1.165, 1.54) is 25.7 Å². The normalized spacial score (nSPS) is 20.8. The molecule has 2 saturated heterocycles. The van der Waals surface area contributed by atoms with E-state index in [1.807, 2.05) is 48.2 Å². The van der Waals surface area contributed by atoms with E-state index in [2.05, 4.69) is 31.1 Å². The number of ether oxygens (including phenoxy) is 2. The van der Waals surface area contributed by atoms with Gasteiger partial charge in [-0.2, -0.15) is 0 Å². The van der Waals surface area contributed by atoms with E-state index < -0.39 is 6.04 Å². The number of nitrogens with zero attached hydrogens (tertiary/aromatic N) is 1. The maximum Gasteiger partial charge on any atom is 0.243 e. The fraction of sp³-hybridized carbons (Fsp3) is 0.649. The van der Waals surface area contributed by atoms with Crippen molar-refractivity contribution in [3.8, 4) is 0 Å². The van der Waals surface area contributed by atoms with Crippen molar-refractivity contribution in [2.45, 2.75) is 115 Å². The number of rotatable bonds is 22. The van der Waals surface area contributed by atoms with Crippen LogP contribution in [0.2, 0.25) is 0 Å². The Morgan fingerprint density at radius 3 is 2.28 bits per heavy atom. The lowest BCUT2D eigenvalue weighted by atomic mass is 9.84. The third-order valence-corrected chi connectivity index (χ3v) is 10.4. The van der Waals surface area contributed by atoms with Gasteiger partial charge >= 0.3 is 0 Å². The van der Waals surface area contributed by atoms with Crippen LogP contribution in [0.25, 0.3) is 0 Å². The Morgan fingerprint density at radius 1 is 1.04 bits per heavy atom. The Bertz CT molecular complexity index is 1110. The van der Waals surface area contributed by atoms with E-state index in [0.717, 1.165) is 61.8 Å². The second kappa shape index (κ2) is 20.6. The molecule has 0 aromatic heterocycles. The fourth-order valence-electron chi connectivity index (χ4n) is 6.51. The van der Waals surface area contributed by atoms with Crippen LogP contribution in [-0.4, -0.2) is 72.8 Å². The quantitative estimate of drug-likeness (QED) is 0.0818. The molecule has 0 bridgehead atoms. The molecule has 1 aromatic rings. The molecule has 256 valence electrons. The van der Waals surface area contributed by atoms with Gasteiger partial charge in [0.15, 0.2) is 0 Å². The number of hydrogen-bond acceptors (Lipinski definition) is 6. The smallest absolute Gasteiger partial charge is 0.243 e. The summed E-state index contributed by atoms with van der Waals surface area (Å²) in [6, 6.07) is 9.02. The minimum atomic E-state index is -0.480. The van der Waals surface area contributed by atoms with Crippen LogP contribution in [-0.2, 0) is 23.9 Å². The molecule has 9 heteroatoms. The number of fused-ring (bicyclic) bond motifs is 1. The molecule has 8 nitrogen and oxygen atoms in total. The van der Waals surface area contributed by atoms with Crippen molar-refractivity contribution in [3.63, 3.8) is 0 Å². The molecule has 2 heterocycles. The SMILES string of the molecule is C=C/C(=C\C)[C@@H](COCCCCCCCCCCOC[C@@H](NC=O)c1ccccc1)NC(=O)[C@H]1N2C(=O)CCCS[C@H]2CC1(C)C. The third-order valence-electron chi connectivity index (χ3n) is 9.07. The van der Waals surface area contributed by atoms with Crippen molar-refractivity contribution in [3.05, 3.63) is 60.2 Å². The van der Waals surface area contributed by atoms with Crippen LogP contribution in [0.5, 0.6) is 0 Å². The number of nitrogens with one attached hydrogen (secondary N) is 2. The molecule has 2 fully saturated rings. The topological polar surface area (TPSA) is 97.0 Å². The number of thioether (sulfide) groups is 1. The first-order valence-corrected chi connectivity index (χ1v) is 18.3. The van der Waals surface area contributed by atoms with E-state index in [9.17, 15) is 14.4 Å². The summed E-state index contributed by atoms with van der Waals surface area (Å²) >= 11 is 1.81. The zero-order chi connectivity index (χ0) is 33.2. The summed E-state index contributed by atoms with van der Waals surface area (Å²) in [6.07, 6.45) is 15.8. The van der Waals surface area contributed by atoms with Crippen LogP contribution in [0.1, 0.15) is 103 Å². The minimum Gasteiger partial charge on any atom is -0.379 e. The fourth-order valence-corrected chi connectivity index (χ4v) is 8.04. The standard InChI is InChI=1S/C37H57N3O5S/c1-5-29(6-2)32(39-36(43)35-37(3,4)25-34-40(35)33(42)21-18-24-46-34)27-45-23-17-12-10-8-7-9-11-16-22-44-26-31(38-28-41)30-19-14-13-15-20-30/h5-6,13-15,19-20,28,31-32,34-35H,1,7-12,16-18,21-27H2,2-4H3,(H,38,41)(H,39,43)/b29-6+/t31-,32-,34+,35-/m1/s1. The number of carbonyl (C=O) groups excluding carboxylic acids is 3. The van der Waals surface area contributed by atoms with E-state index >= 15 is 0 Å². The highest BCUT2D eigenvalue weighted by Crippen LogP contribution is 2.46. The predicted octanol–water partition coefficient (Wildman–Crippen LogP) is 6.73. The summed E-state index contributed by atoms with van der Waals surface area (Å²) in [6.45, 7) is 12.3. The zero-order valence-corrected chi connectivity index (χ0v) is 29.2. The number of unbranched alkanes of at least 4 members (excludes halogenated alkanes) is 7. The van der Waals surface area contributed by atoms with Gasteiger partial charge in [0.2, 0.25) is 18.2 Å². The highest BCUT2D eigenvalue weighted by atomic mass is 32.2. The summed E-state index contributed by atoms with van der Waals surface area (Å²) in [5, 5.41) is 6.13. The second-order valence-electron chi connectivity index (χ2n) is 13.1. The van der Waals surface area contributed by atoms with Crippen LogP contribution in [0.15, 0.2) is 54.6 Å². The number of amides is 3. The summed E-state index contributed by atoms with van der Waals surface area (Å²) in [5.41, 5.74) is 1.69. The largest absolute Gasteiger partial charge is 0.379 e. The Kier molecular flexibility index (Phi) is 16.9. The van der Waals surface area contributed by atoms with Gasteiger partial charge in [0.05, 0.1) is 30.7 Å². The zero-order valence-electron chi connectivity index (χ0n) is 28.3. The molecule has 3 amide bonds. The molecule has 0 spiro atoms. The Morgan fingerprint density at radius 2 is 1.67 bits per heavy atom. The predicted molar refractivity (Wildman–Crippen MR) is 187 cm³/mol. The Hall–Kier alpha value is -2.62. The molecule has 2 N–H and O–H groups in total. The van der Waals surface area contributed by atoms with Crippen molar-refractivity contribution in [2.24, 2.45) is 5.41 Å². The van der Waals surface area contributed by atoms with Crippen molar-refractivity contribution in [1.29, 1.82) is 0 Å². The molecule has 0 saturated carbocycles. The van der Waals surface area contributed by atoms with Crippen LogP contribution < -0.4 is 10.6 Å². The van der Waals surface area contributed by atoms with E-state index in [4.69, 9.17) is 9.47 Å². The van der Waals surface area contributed by atoms with Gasteiger partial charge < -0.3 is 25.0 Å². The van der Waals surface area contributed by atoms with Crippen LogP contribution in [0.4, 0.5) is 0 Å². The van der Waals surface area contributed by atoms with E-state index in [1.54, 1.807) is 17.8 Å². The summed E-state index contributed by atoms with van der Waals surface area (Å²) < 4.78 is 11.9. The van der Waals surface area contributed by atoms with Crippen LogP contribution in [0, 0.1) is 5.41 Å². The number of carbonyl (C=O) groups is 3. The van der Waals surface area contributed by atoms with Gasteiger partial charge in [0.25, 0.3) is 0 Å². The van der Waals surface area contributed by atoms with Crippen molar-refractivity contribution in [1.82, 2.24) is 15.5 Å². The monoisotopic (exact) mass is 655 g/mol. The van der Waals surface area contributed by atoms with Crippen molar-refractivity contribution >= 4 is 30.0 Å². The molecular formula is C37H57N3O5S. The first kappa shape index (κ1) is 37.8. The Labute approximate surface area is 281 Å². The lowest BCUT2D eigenvalue weighted by molar-refractivity contribution is -0.141. The van der Waals surface area contributed by atoms with Crippen LogP contribution in [0.3, 0.4) is 0 Å². The van der Waals surface area contributed by atoms with Gasteiger partial charge in [0, 0.05) is 19.6 Å². The van der Waals surface area contributed by atoms with E-state index in [-0.39, 0.29) is 34.7 Å². The maximum atomic E-state index is 13.7. The third kappa shape index (κ3) is 11.9. The van der Waals surface area contributed by atoms with Crippen LogP contribution >= 0.6 is 11.8 Å². The molecule has 3 rings (SSSR count). The number of allylic oxidation sites excluding steroid dienone is 1. The van der Waals surface area contributed by atoms with Gasteiger partial charge in [-0.15, -0.1) is 11.8 Å². The average Bonchev–Trinajstić information content (AvgIpc) is 3.21. The molecule has 2 aliphatic rings. The van der Waals surface area contributed by atoms with Crippen molar-refractivity contribution < 1.29 is 23.9 Å². The van der Waals surface area contributed by atoms with Gasteiger partial charge in [-0.05, 0) is 54.9 Å². The first-order chi connectivity index (χ1) is 22.3. The second-order valence-corrected chi connectivity index (χ2v) is 14.4. The van der Waals surface area contributed by atoms with Gasteiger partial charge in [-0.25, -0.2) is 0 Å². The minimum absolute atomic E-state index is 0.0704. The molecule has 46 heavy (non-hydrogen) atoms. The Balaban J connectivity index is 1.28. The molecular weight excluding hydrogens is 598 g/mol. The van der Waals surface area contributed by atoms with Crippen molar-refractivity contribution in [2.75, 3.05) is 32.2 Å². The molecule has 1 aromatic carbocycles. The summed E-state index contributed by atoms with van der Waals surface area (Å²) in [4.78, 5) is 39.5. The first-order valence-electron chi connectivity index (χ1n) is 17.2. The number of benzene rings is 1. The van der Waals surface area contributed by atoms with E-state index in [0.29, 0.717) is 32.8 Å². The highest BCUT2D eigenvalue weighted by molar-refractivity contribution is 7.99. The molecule has 2 aliphatic heterocycles. The maximum absolute atomic E-state index is 13.7. The molecule has 0 aliphatic carbocycles. The molecule has 0 unspecified atom stereocenters. The summed E-state index contributed by atoms with van der Waals surface area (Å²) in [7, 11) is 0. The average molecular weight is 656 g/mol. The van der Waals surface area contributed by atoms with Gasteiger partial charge in [0.1, 0.15) is 6.04 Å². The van der Waals surface area contributed by atoms with Gasteiger partial charge in [-0.1, -0.05) is 101 Å². The van der Waals surface area contributed by atoms with Gasteiger partial charge in [-0.3, -0.25) is 14.4 Å². The molecule has 4 atom stereocenters. The lowest BCUT2D eigenvalue weighted by Gasteiger charge is -2.33. The summed E-state index contributed by atoms with van der Waals surface area (Å²) in [5.74, 6) is 0.952.